The van der Waals surface area contributed by atoms with Crippen LogP contribution in [-0.4, -0.2) is 74.3 Å². The van der Waals surface area contributed by atoms with E-state index in [0.29, 0.717) is 23.9 Å². The summed E-state index contributed by atoms with van der Waals surface area (Å²) in [5, 5.41) is 3.04. The molecule has 0 spiro atoms. The maximum atomic E-state index is 13.4. The molecule has 0 aromatic carbocycles. The fraction of sp³-hybridized carbons (Fsp3) is 0.891. The van der Waals surface area contributed by atoms with E-state index in [1.807, 2.05) is 33.3 Å². The lowest BCUT2D eigenvalue weighted by Gasteiger charge is -2.27. The largest absolute Gasteiger partial charge is 0.472 e. The normalized spacial score (nSPS) is 14.0. The molecule has 65 heavy (non-hydrogen) atoms. The van der Waals surface area contributed by atoms with E-state index in [2.05, 4.69) is 38.2 Å². The summed E-state index contributed by atoms with van der Waals surface area (Å²) in [6.45, 7) is 7.00. The molecule has 0 aromatic heterocycles. The molecule has 0 aliphatic heterocycles. The van der Waals surface area contributed by atoms with Gasteiger partial charge in [0.15, 0.2) is 0 Å². The van der Waals surface area contributed by atoms with E-state index in [1.165, 1.54) is 161 Å². The molecule has 9 nitrogen and oxygen atoms in total. The summed E-state index contributed by atoms with van der Waals surface area (Å²) in [6, 6.07) is -0.848. The molecule has 3 unspecified atom stereocenters. The van der Waals surface area contributed by atoms with Crippen LogP contribution in [0.1, 0.15) is 265 Å². The molecule has 0 saturated carbocycles. The highest BCUT2D eigenvalue weighted by Gasteiger charge is 2.30. The summed E-state index contributed by atoms with van der Waals surface area (Å²) in [4.78, 5) is 37.5. The SMILES string of the molecule is CCCCCCCCC/C=C\CCCCCC(=O)NC(COP(=O)(O)OCC[N+](C)(C)C)C(/C=C/CCCCCCCCCCCC)OC(=O)CCCCCCCCCCCCCCC. The third-order valence-electron chi connectivity index (χ3n) is 12.4. The number of esters is 1. The Labute approximate surface area is 403 Å². The van der Waals surface area contributed by atoms with Crippen LogP contribution in [0, 0.1) is 0 Å². The number of carbonyl (C=O) groups excluding carboxylic acids is 2. The van der Waals surface area contributed by atoms with Crippen molar-refractivity contribution in [2.75, 3.05) is 40.9 Å². The summed E-state index contributed by atoms with van der Waals surface area (Å²) in [7, 11) is 1.50. The molecule has 3 atom stereocenters. The third kappa shape index (κ3) is 47.4. The van der Waals surface area contributed by atoms with Gasteiger partial charge >= 0.3 is 13.8 Å². The molecular weight excluding hydrogens is 832 g/mol. The highest BCUT2D eigenvalue weighted by molar-refractivity contribution is 7.47. The van der Waals surface area contributed by atoms with Crippen molar-refractivity contribution in [2.45, 2.75) is 277 Å². The van der Waals surface area contributed by atoms with Gasteiger partial charge in [-0.2, -0.15) is 0 Å². The fourth-order valence-electron chi connectivity index (χ4n) is 8.05. The van der Waals surface area contributed by atoms with Gasteiger partial charge in [-0.15, -0.1) is 0 Å². The topological polar surface area (TPSA) is 111 Å². The van der Waals surface area contributed by atoms with E-state index < -0.39 is 20.0 Å². The first-order valence-electron chi connectivity index (χ1n) is 27.7. The van der Waals surface area contributed by atoms with Gasteiger partial charge in [-0.25, -0.2) is 4.57 Å². The zero-order valence-corrected chi connectivity index (χ0v) is 44.6. The monoisotopic (exact) mass is 940 g/mol. The van der Waals surface area contributed by atoms with Crippen LogP contribution in [0.4, 0.5) is 0 Å². The summed E-state index contributed by atoms with van der Waals surface area (Å²) >= 11 is 0. The maximum absolute atomic E-state index is 13.4. The molecule has 0 radical (unpaired) electrons. The minimum Gasteiger partial charge on any atom is -0.456 e. The van der Waals surface area contributed by atoms with Crippen molar-refractivity contribution < 1.29 is 37.3 Å². The number of rotatable bonds is 50. The number of ether oxygens (including phenoxy) is 1. The van der Waals surface area contributed by atoms with Crippen molar-refractivity contribution in [1.82, 2.24) is 5.32 Å². The van der Waals surface area contributed by atoms with Gasteiger partial charge < -0.3 is 19.4 Å². The number of unbranched alkanes of at least 4 members (excludes halogenated alkanes) is 32. The fourth-order valence-corrected chi connectivity index (χ4v) is 8.79. The Morgan fingerprint density at radius 3 is 1.32 bits per heavy atom. The average Bonchev–Trinajstić information content (AvgIpc) is 3.26. The van der Waals surface area contributed by atoms with Gasteiger partial charge in [-0.1, -0.05) is 219 Å². The third-order valence-corrected chi connectivity index (χ3v) is 13.4. The minimum absolute atomic E-state index is 0.0406. The van der Waals surface area contributed by atoms with Crippen molar-refractivity contribution in [3.05, 3.63) is 24.3 Å². The number of nitrogens with one attached hydrogen (secondary N) is 1. The van der Waals surface area contributed by atoms with E-state index in [-0.39, 0.29) is 25.1 Å². The van der Waals surface area contributed by atoms with Gasteiger partial charge in [0.25, 0.3) is 0 Å². The lowest BCUT2D eigenvalue weighted by atomic mass is 10.0. The quantitative estimate of drug-likeness (QED) is 0.0205. The van der Waals surface area contributed by atoms with Crippen LogP contribution in [0.2, 0.25) is 0 Å². The van der Waals surface area contributed by atoms with E-state index in [4.69, 9.17) is 13.8 Å². The van der Waals surface area contributed by atoms with Gasteiger partial charge in [-0.3, -0.25) is 18.6 Å². The molecule has 0 aromatic rings. The maximum Gasteiger partial charge on any atom is 0.472 e. The van der Waals surface area contributed by atoms with Crippen LogP contribution in [0.3, 0.4) is 0 Å². The number of phosphoric ester groups is 1. The Hall–Kier alpha value is -1.51. The lowest BCUT2D eigenvalue weighted by molar-refractivity contribution is -0.870. The molecule has 10 heteroatoms. The number of allylic oxidation sites excluding steroid dienone is 3. The van der Waals surface area contributed by atoms with Crippen molar-refractivity contribution in [2.24, 2.45) is 0 Å². The number of likely N-dealkylation sites (N-methyl/N-ethyl adjacent to an activating group) is 1. The number of quaternary nitrogens is 1. The molecule has 0 aliphatic rings. The number of amides is 1. The highest BCUT2D eigenvalue weighted by atomic mass is 31.2. The zero-order valence-electron chi connectivity index (χ0n) is 43.7. The first-order chi connectivity index (χ1) is 31.4. The Morgan fingerprint density at radius 1 is 0.523 bits per heavy atom. The average molecular weight is 940 g/mol. The van der Waals surface area contributed by atoms with Crippen LogP contribution in [0.5, 0.6) is 0 Å². The Bertz CT molecular complexity index is 1170. The first-order valence-corrected chi connectivity index (χ1v) is 29.2. The van der Waals surface area contributed by atoms with Gasteiger partial charge in [0.05, 0.1) is 33.8 Å². The Morgan fingerprint density at radius 2 is 0.892 bits per heavy atom. The van der Waals surface area contributed by atoms with Gasteiger partial charge in [-0.05, 0) is 57.4 Å². The zero-order chi connectivity index (χ0) is 48.0. The first kappa shape index (κ1) is 63.5. The van der Waals surface area contributed by atoms with Crippen LogP contribution in [0.15, 0.2) is 24.3 Å². The molecular formula is C55H108N2O7P+. The molecule has 0 aliphatic carbocycles. The van der Waals surface area contributed by atoms with Gasteiger partial charge in [0.2, 0.25) is 5.91 Å². The second kappa shape index (κ2) is 46.2. The van der Waals surface area contributed by atoms with E-state index in [0.717, 1.165) is 70.6 Å². The van der Waals surface area contributed by atoms with Crippen LogP contribution >= 0.6 is 7.82 Å². The smallest absolute Gasteiger partial charge is 0.456 e. The molecule has 0 bridgehead atoms. The van der Waals surface area contributed by atoms with Crippen LogP contribution in [-0.2, 0) is 27.9 Å². The summed E-state index contributed by atoms with van der Waals surface area (Å²) in [5.41, 5.74) is 0. The van der Waals surface area contributed by atoms with Gasteiger partial charge in [0, 0.05) is 12.8 Å². The van der Waals surface area contributed by atoms with Crippen molar-refractivity contribution in [3.63, 3.8) is 0 Å². The Kier molecular flexibility index (Phi) is 45.2. The van der Waals surface area contributed by atoms with Crippen molar-refractivity contribution >= 4 is 19.7 Å². The van der Waals surface area contributed by atoms with Crippen molar-refractivity contribution in [3.8, 4) is 0 Å². The molecule has 1 amide bonds. The number of hydrogen-bond acceptors (Lipinski definition) is 6. The predicted molar refractivity (Wildman–Crippen MR) is 277 cm³/mol. The Balaban J connectivity index is 5.40. The number of nitrogens with zero attached hydrogens (tertiary/aromatic N) is 1. The molecule has 0 heterocycles. The second-order valence-corrected chi connectivity index (χ2v) is 21.6. The lowest BCUT2D eigenvalue weighted by Crippen LogP contribution is -2.47. The summed E-state index contributed by atoms with van der Waals surface area (Å²) in [6.07, 6.45) is 51.6. The molecule has 384 valence electrons. The highest BCUT2D eigenvalue weighted by Crippen LogP contribution is 2.43. The standard InChI is InChI=1S/C55H107N2O7P/c1-7-10-13-16-19-22-25-28-30-32-35-38-41-44-47-54(58)56-52(51-63-65(60,61)62-50-49-57(4,5)6)53(46-43-40-37-34-31-27-24-21-18-15-12-9-3)64-55(59)48-45-42-39-36-33-29-26-23-20-17-14-11-8-2/h30,32,43,46,52-53H,7-29,31,33-42,44-45,47-51H2,1-6H3,(H-,56,58,60,61)/p+1/b32-30-,46-43+. The van der Waals surface area contributed by atoms with Crippen LogP contribution in [0.25, 0.3) is 0 Å². The number of phosphoric acid groups is 1. The van der Waals surface area contributed by atoms with Gasteiger partial charge in [0.1, 0.15) is 19.3 Å². The molecule has 0 rings (SSSR count). The van der Waals surface area contributed by atoms with E-state index in [1.54, 1.807) is 0 Å². The summed E-state index contributed by atoms with van der Waals surface area (Å²) in [5.74, 6) is -0.514. The molecule has 0 fully saturated rings. The number of hydrogen-bond donors (Lipinski definition) is 2. The predicted octanol–water partition coefficient (Wildman–Crippen LogP) is 16.2. The van der Waals surface area contributed by atoms with E-state index >= 15 is 0 Å². The minimum atomic E-state index is -4.44. The number of carbonyl (C=O) groups is 2. The van der Waals surface area contributed by atoms with E-state index in [9.17, 15) is 19.0 Å². The molecule has 0 saturated heterocycles. The molecule has 2 N–H and O–H groups in total. The summed E-state index contributed by atoms with van der Waals surface area (Å²) < 4.78 is 30.5. The van der Waals surface area contributed by atoms with Crippen LogP contribution < -0.4 is 5.32 Å². The second-order valence-electron chi connectivity index (χ2n) is 20.1. The van der Waals surface area contributed by atoms with Crippen molar-refractivity contribution in [1.29, 1.82) is 0 Å².